The lowest BCUT2D eigenvalue weighted by atomic mass is 10.3. The maximum absolute atomic E-state index is 5.81. The summed E-state index contributed by atoms with van der Waals surface area (Å²) >= 11 is 0. The van der Waals surface area contributed by atoms with Gasteiger partial charge in [-0.2, -0.15) is 4.98 Å². The number of aryl methyl sites for hydroxylation is 1. The van der Waals surface area contributed by atoms with Crippen molar-refractivity contribution in [3.63, 3.8) is 0 Å². The van der Waals surface area contributed by atoms with Crippen LogP contribution in [0.4, 0.5) is 5.95 Å². The monoisotopic (exact) mass is 281 g/mol. The van der Waals surface area contributed by atoms with Gasteiger partial charge in [-0.05, 0) is 13.3 Å². The Bertz CT molecular complexity index is 411. The maximum atomic E-state index is 5.81. The maximum Gasteiger partial charge on any atom is 0.244 e. The molecule has 1 aromatic rings. The number of rotatable bonds is 5. The number of piperazine rings is 1. The first-order valence-corrected chi connectivity index (χ1v) is 7.37. The van der Waals surface area contributed by atoms with Crippen LogP contribution in [0.3, 0.4) is 0 Å². The van der Waals surface area contributed by atoms with Crippen LogP contribution in [0.2, 0.25) is 0 Å². The lowest BCUT2D eigenvalue weighted by Crippen LogP contribution is -2.47. The number of nitrogens with one attached hydrogen (secondary N) is 1. The fourth-order valence-electron chi connectivity index (χ4n) is 2.64. The Morgan fingerprint density at radius 1 is 1.35 bits per heavy atom. The molecule has 3 rings (SSSR count). The summed E-state index contributed by atoms with van der Waals surface area (Å²) in [5, 5.41) is 7.11. The minimum Gasteiger partial charge on any atom is -0.379 e. The molecule has 1 aromatic heterocycles. The van der Waals surface area contributed by atoms with Crippen molar-refractivity contribution in [3.05, 3.63) is 5.82 Å². The van der Waals surface area contributed by atoms with E-state index in [2.05, 4.69) is 25.0 Å². The van der Waals surface area contributed by atoms with E-state index in [0.717, 1.165) is 70.7 Å². The van der Waals surface area contributed by atoms with Gasteiger partial charge in [0.25, 0.3) is 0 Å². The van der Waals surface area contributed by atoms with Crippen LogP contribution >= 0.6 is 0 Å². The molecule has 0 saturated carbocycles. The van der Waals surface area contributed by atoms with E-state index in [1.807, 2.05) is 6.92 Å². The van der Waals surface area contributed by atoms with Crippen LogP contribution in [0, 0.1) is 6.92 Å². The molecule has 20 heavy (non-hydrogen) atoms. The van der Waals surface area contributed by atoms with Gasteiger partial charge in [-0.25, -0.2) is 0 Å². The quantitative estimate of drug-likeness (QED) is 0.822. The van der Waals surface area contributed by atoms with Gasteiger partial charge in [0.1, 0.15) is 5.82 Å². The van der Waals surface area contributed by atoms with E-state index in [4.69, 9.17) is 9.47 Å². The van der Waals surface area contributed by atoms with Gasteiger partial charge in [0.05, 0.1) is 19.3 Å². The zero-order chi connectivity index (χ0) is 13.8. The van der Waals surface area contributed by atoms with Crippen molar-refractivity contribution >= 4 is 5.95 Å². The van der Waals surface area contributed by atoms with E-state index < -0.39 is 0 Å². The minimum atomic E-state index is 0.313. The van der Waals surface area contributed by atoms with E-state index >= 15 is 0 Å². The molecule has 1 atom stereocenters. The second-order valence-corrected chi connectivity index (χ2v) is 5.41. The van der Waals surface area contributed by atoms with Crippen molar-refractivity contribution in [2.24, 2.45) is 0 Å². The number of H-pyrrole nitrogens is 1. The van der Waals surface area contributed by atoms with Gasteiger partial charge < -0.3 is 14.4 Å². The predicted octanol–water partition coefficient (Wildman–Crippen LogP) is 0.0406. The molecule has 2 saturated heterocycles. The van der Waals surface area contributed by atoms with Gasteiger partial charge in [0.2, 0.25) is 5.95 Å². The lowest BCUT2D eigenvalue weighted by molar-refractivity contribution is 0.0290. The molecule has 2 fully saturated rings. The molecule has 7 heteroatoms. The molecular weight excluding hydrogens is 258 g/mol. The van der Waals surface area contributed by atoms with Crippen molar-refractivity contribution in [1.82, 2.24) is 20.1 Å². The first-order chi connectivity index (χ1) is 9.81. The summed E-state index contributed by atoms with van der Waals surface area (Å²) in [6.07, 6.45) is 1.35. The minimum absolute atomic E-state index is 0.313. The largest absolute Gasteiger partial charge is 0.379 e. The highest BCUT2D eigenvalue weighted by Gasteiger charge is 2.20. The Morgan fingerprint density at radius 3 is 2.85 bits per heavy atom. The van der Waals surface area contributed by atoms with Crippen LogP contribution in [0.25, 0.3) is 0 Å². The van der Waals surface area contributed by atoms with E-state index in [-0.39, 0.29) is 0 Å². The van der Waals surface area contributed by atoms with Gasteiger partial charge in [-0.15, -0.1) is 5.10 Å². The van der Waals surface area contributed by atoms with Crippen molar-refractivity contribution in [2.45, 2.75) is 19.4 Å². The van der Waals surface area contributed by atoms with Gasteiger partial charge >= 0.3 is 0 Å². The molecule has 0 aliphatic carbocycles. The molecule has 2 aliphatic rings. The standard InChI is InChI=1S/C13H23N5O2/c1-11-14-13(16-15-11)18-5-3-17(4-6-18)7-9-20-12-2-8-19-10-12/h12H,2-10H2,1H3,(H,14,15,16). The third kappa shape index (κ3) is 3.47. The smallest absolute Gasteiger partial charge is 0.244 e. The van der Waals surface area contributed by atoms with Crippen molar-refractivity contribution in [1.29, 1.82) is 0 Å². The normalized spacial score (nSPS) is 24.4. The Balaban J connectivity index is 1.35. The van der Waals surface area contributed by atoms with Crippen LogP contribution in [0.1, 0.15) is 12.2 Å². The van der Waals surface area contributed by atoms with Gasteiger partial charge in [-0.3, -0.25) is 10.00 Å². The van der Waals surface area contributed by atoms with Crippen LogP contribution in [0.15, 0.2) is 0 Å². The second kappa shape index (κ2) is 6.51. The molecule has 0 aromatic carbocycles. The molecule has 0 amide bonds. The fraction of sp³-hybridized carbons (Fsp3) is 0.846. The Morgan fingerprint density at radius 2 is 2.20 bits per heavy atom. The number of nitrogens with zero attached hydrogens (tertiary/aromatic N) is 4. The number of aromatic amines is 1. The molecule has 3 heterocycles. The van der Waals surface area contributed by atoms with Gasteiger partial charge in [0, 0.05) is 39.3 Å². The fourth-order valence-corrected chi connectivity index (χ4v) is 2.64. The van der Waals surface area contributed by atoms with E-state index in [9.17, 15) is 0 Å². The zero-order valence-electron chi connectivity index (χ0n) is 12.0. The summed E-state index contributed by atoms with van der Waals surface area (Å²) in [5.74, 6) is 1.69. The summed E-state index contributed by atoms with van der Waals surface area (Å²) < 4.78 is 11.1. The summed E-state index contributed by atoms with van der Waals surface area (Å²) in [5.41, 5.74) is 0. The molecule has 7 nitrogen and oxygen atoms in total. The van der Waals surface area contributed by atoms with E-state index in [1.54, 1.807) is 0 Å². The van der Waals surface area contributed by atoms with Crippen LogP contribution in [-0.4, -0.2) is 78.7 Å². The van der Waals surface area contributed by atoms with Gasteiger partial charge in [0.15, 0.2) is 0 Å². The summed E-state index contributed by atoms with van der Waals surface area (Å²) in [7, 11) is 0. The van der Waals surface area contributed by atoms with Crippen molar-refractivity contribution in [2.75, 3.05) is 57.4 Å². The van der Waals surface area contributed by atoms with E-state index in [1.165, 1.54) is 0 Å². The van der Waals surface area contributed by atoms with Crippen molar-refractivity contribution < 1.29 is 9.47 Å². The molecule has 2 aliphatic heterocycles. The Labute approximate surface area is 119 Å². The average molecular weight is 281 g/mol. The topological polar surface area (TPSA) is 66.5 Å². The number of anilines is 1. The van der Waals surface area contributed by atoms with E-state index in [0.29, 0.717) is 6.10 Å². The average Bonchev–Trinajstić information content (AvgIpc) is 3.11. The SMILES string of the molecule is Cc1nc(N2CCN(CCOC3CCOC3)CC2)n[nH]1. The highest BCUT2D eigenvalue weighted by atomic mass is 16.5. The van der Waals surface area contributed by atoms with Crippen molar-refractivity contribution in [3.8, 4) is 0 Å². The third-order valence-corrected chi connectivity index (χ3v) is 3.89. The number of hydrogen-bond acceptors (Lipinski definition) is 6. The third-order valence-electron chi connectivity index (χ3n) is 3.89. The summed E-state index contributed by atoms with van der Waals surface area (Å²) in [4.78, 5) is 9.04. The van der Waals surface area contributed by atoms with Crippen LogP contribution in [0.5, 0.6) is 0 Å². The molecule has 0 spiro atoms. The van der Waals surface area contributed by atoms with Crippen LogP contribution in [-0.2, 0) is 9.47 Å². The van der Waals surface area contributed by atoms with Crippen LogP contribution < -0.4 is 4.90 Å². The molecule has 1 N–H and O–H groups in total. The molecular formula is C13H23N5O2. The highest BCUT2D eigenvalue weighted by Crippen LogP contribution is 2.11. The van der Waals surface area contributed by atoms with Gasteiger partial charge in [-0.1, -0.05) is 0 Å². The zero-order valence-corrected chi connectivity index (χ0v) is 12.0. The highest BCUT2D eigenvalue weighted by molar-refractivity contribution is 5.29. The Hall–Kier alpha value is -1.18. The number of aromatic nitrogens is 3. The summed E-state index contributed by atoms with van der Waals surface area (Å²) in [6.45, 7) is 9.36. The first kappa shape index (κ1) is 13.8. The summed E-state index contributed by atoms with van der Waals surface area (Å²) in [6, 6.07) is 0. The lowest BCUT2D eigenvalue weighted by Gasteiger charge is -2.34. The Kier molecular flexibility index (Phi) is 4.49. The molecule has 1 unspecified atom stereocenters. The second-order valence-electron chi connectivity index (χ2n) is 5.41. The number of hydrogen-bond donors (Lipinski definition) is 1. The molecule has 0 radical (unpaired) electrons. The molecule has 0 bridgehead atoms. The molecule has 112 valence electrons. The predicted molar refractivity (Wildman–Crippen MR) is 74.9 cm³/mol. The number of ether oxygens (including phenoxy) is 2. The first-order valence-electron chi connectivity index (χ1n) is 7.37.